The van der Waals surface area contributed by atoms with Crippen LogP contribution in [-0.4, -0.2) is 87.4 Å². The van der Waals surface area contributed by atoms with Gasteiger partial charge in [0.15, 0.2) is 6.10 Å². The molecule has 0 aromatic heterocycles. The highest BCUT2D eigenvalue weighted by molar-refractivity contribution is 5.71. The lowest BCUT2D eigenvalue weighted by atomic mass is 10.0. The van der Waals surface area contributed by atoms with Crippen LogP contribution in [-0.2, 0) is 33.3 Å². The molecule has 0 saturated heterocycles. The Hall–Kier alpha value is -5.35. The molecule has 0 heterocycles. The number of nitrogens with zero attached hydrogens (tertiary/aromatic N) is 1. The Kier molecular flexibility index (Phi) is 76.1. The van der Waals surface area contributed by atoms with Gasteiger partial charge in [0, 0.05) is 12.8 Å². The molecular formula is C92H154NO8+. The van der Waals surface area contributed by atoms with Gasteiger partial charge in [-0.05, 0) is 135 Å². The predicted octanol–water partition coefficient (Wildman–Crippen LogP) is 26.9. The van der Waals surface area contributed by atoms with Crippen LogP contribution < -0.4 is 0 Å². The summed E-state index contributed by atoms with van der Waals surface area (Å²) in [7, 11) is 5.97. The third kappa shape index (κ3) is 81.8. The van der Waals surface area contributed by atoms with Crippen LogP contribution in [0.3, 0.4) is 0 Å². The first kappa shape index (κ1) is 95.6. The van der Waals surface area contributed by atoms with Crippen LogP contribution in [0, 0.1) is 0 Å². The van der Waals surface area contributed by atoms with Gasteiger partial charge in [0.25, 0.3) is 6.29 Å². The molecule has 0 aromatic rings. The summed E-state index contributed by atoms with van der Waals surface area (Å²) in [5, 5.41) is 9.78. The Morgan fingerprint density at radius 1 is 0.307 bits per heavy atom. The van der Waals surface area contributed by atoms with Crippen LogP contribution in [0.1, 0.15) is 335 Å². The second kappa shape index (κ2) is 80.3. The summed E-state index contributed by atoms with van der Waals surface area (Å²) in [5.74, 6) is -2.03. The minimum absolute atomic E-state index is 0.177. The normalized spacial score (nSPS) is 13.6. The maximum absolute atomic E-state index is 13.0. The van der Waals surface area contributed by atoms with Crippen molar-refractivity contribution >= 4 is 17.9 Å². The average molecular weight is 1400 g/mol. The summed E-state index contributed by atoms with van der Waals surface area (Å²) in [6.07, 6.45) is 118. The Labute approximate surface area is 622 Å². The van der Waals surface area contributed by atoms with Crippen LogP contribution in [0.4, 0.5) is 0 Å². The number of likely N-dealkylation sites (N-methyl/N-ethyl adjacent to an activating group) is 1. The van der Waals surface area contributed by atoms with Crippen molar-refractivity contribution in [1.82, 2.24) is 0 Å². The number of carbonyl (C=O) groups is 3. The van der Waals surface area contributed by atoms with Crippen molar-refractivity contribution in [2.24, 2.45) is 0 Å². The molecule has 0 saturated carbocycles. The van der Waals surface area contributed by atoms with Crippen molar-refractivity contribution in [1.29, 1.82) is 0 Å². The molecule has 0 amide bonds. The highest BCUT2D eigenvalue weighted by Gasteiger charge is 2.25. The molecule has 0 spiro atoms. The lowest BCUT2D eigenvalue weighted by Gasteiger charge is -2.25. The molecular weight excluding hydrogens is 1250 g/mol. The molecule has 0 aliphatic rings. The molecule has 9 nitrogen and oxygen atoms in total. The molecule has 0 aromatic carbocycles. The number of quaternary nitrogens is 1. The second-order valence-electron chi connectivity index (χ2n) is 28.3. The van der Waals surface area contributed by atoms with Gasteiger partial charge in [-0.3, -0.25) is 9.59 Å². The van der Waals surface area contributed by atoms with E-state index in [1.807, 2.05) is 21.1 Å². The number of unbranched alkanes of at least 4 members (excludes halogenated alkanes) is 32. The molecule has 0 aliphatic carbocycles. The standard InChI is InChI=1S/C92H153NO8/c1-6-8-10-12-14-16-18-20-22-24-26-28-30-32-34-36-38-40-42-44-45-47-49-51-53-55-57-59-61-63-65-67-69-71-73-75-77-79-81-83-90(95)101-88(87-100-92(91(96)97)98-85-84-93(3,4)5)86-99-89(94)82-80-78-76-74-72-70-68-66-64-62-60-58-56-54-52-50-48-46-43-41-39-37-35-33-31-29-27-25-23-21-19-17-15-13-11-9-7-2/h8,10,14,16,19-22,25-28,31-34,38,40,44-45,49,51,55,57,61,63,67,69,88,92H,6-7,9,11-13,15,17-18,23-24,29-30,35-37,39,41-43,46-48,50,52-54,56,58-60,62,64-66,68,70-87H2,1-5H3/p+1/b10-8-,16-14-,21-19-,22-20-,27-25-,28-26-,33-31-,34-32-,40-38-,45-44-,51-49-,57-55-,63-61-,69-67-. The lowest BCUT2D eigenvalue weighted by Crippen LogP contribution is -2.40. The first-order valence-corrected chi connectivity index (χ1v) is 41.3. The van der Waals surface area contributed by atoms with Crippen LogP contribution >= 0.6 is 0 Å². The van der Waals surface area contributed by atoms with Gasteiger partial charge in [-0.1, -0.05) is 357 Å². The first-order valence-electron chi connectivity index (χ1n) is 41.3. The fraction of sp³-hybridized carbons (Fsp3) is 0.663. The molecule has 0 bridgehead atoms. The molecule has 2 unspecified atom stereocenters. The van der Waals surface area contributed by atoms with Gasteiger partial charge in [0.2, 0.25) is 0 Å². The summed E-state index contributed by atoms with van der Waals surface area (Å²) < 4.78 is 23.0. The molecule has 0 fully saturated rings. The zero-order chi connectivity index (χ0) is 73.2. The summed E-state index contributed by atoms with van der Waals surface area (Å²) in [6, 6.07) is 0. The third-order valence-corrected chi connectivity index (χ3v) is 17.5. The van der Waals surface area contributed by atoms with Gasteiger partial charge in [-0.2, -0.15) is 0 Å². The molecule has 574 valence electrons. The summed E-state index contributed by atoms with van der Waals surface area (Å²) in [6.45, 7) is 4.74. The number of aliphatic carboxylic acids is 1. The average Bonchev–Trinajstić information content (AvgIpc) is 1.21. The number of carbonyl (C=O) groups excluding carboxylic acids is 2. The van der Waals surface area contributed by atoms with E-state index in [1.165, 1.54) is 167 Å². The van der Waals surface area contributed by atoms with E-state index >= 15 is 0 Å². The van der Waals surface area contributed by atoms with Crippen molar-refractivity contribution in [3.63, 3.8) is 0 Å². The van der Waals surface area contributed by atoms with Crippen molar-refractivity contribution < 1.29 is 42.9 Å². The molecule has 1 N–H and O–H groups in total. The van der Waals surface area contributed by atoms with E-state index in [-0.39, 0.29) is 32.2 Å². The number of esters is 2. The number of rotatable bonds is 75. The minimum Gasteiger partial charge on any atom is -0.477 e. The number of allylic oxidation sites excluding steroid dienone is 28. The summed E-state index contributed by atoms with van der Waals surface area (Å²) >= 11 is 0. The van der Waals surface area contributed by atoms with Crippen molar-refractivity contribution in [3.05, 3.63) is 170 Å². The SMILES string of the molecule is CC/C=C\C/C=C\C/C=C\C/C=C\C/C=C\C/C=C\C/C=C\C/C=C\C/C=C\C/C=C\C/C=C\CCCCCCCC(=O)OC(COC(=O)CCCCCCCCCCCCCCCCCCCCCCCC/C=C\C/C=C\C/C=C\CCCCCCC)COC(OCC[N+](C)(C)C)C(=O)O. The van der Waals surface area contributed by atoms with Crippen LogP contribution in [0.2, 0.25) is 0 Å². The van der Waals surface area contributed by atoms with Crippen molar-refractivity contribution in [2.75, 3.05) is 47.5 Å². The largest absolute Gasteiger partial charge is 0.477 e. The summed E-state index contributed by atoms with van der Waals surface area (Å²) in [4.78, 5) is 37.8. The van der Waals surface area contributed by atoms with E-state index in [9.17, 15) is 19.5 Å². The van der Waals surface area contributed by atoms with E-state index in [0.29, 0.717) is 23.9 Å². The maximum Gasteiger partial charge on any atom is 0.361 e. The van der Waals surface area contributed by atoms with Gasteiger partial charge < -0.3 is 28.5 Å². The van der Waals surface area contributed by atoms with E-state index in [2.05, 4.69) is 184 Å². The van der Waals surface area contributed by atoms with Crippen molar-refractivity contribution in [2.45, 2.75) is 347 Å². The lowest BCUT2D eigenvalue weighted by molar-refractivity contribution is -0.870. The zero-order valence-electron chi connectivity index (χ0n) is 65.8. The second-order valence-corrected chi connectivity index (χ2v) is 28.3. The van der Waals surface area contributed by atoms with E-state index in [1.54, 1.807) is 0 Å². The van der Waals surface area contributed by atoms with Crippen LogP contribution in [0.25, 0.3) is 0 Å². The van der Waals surface area contributed by atoms with Gasteiger partial charge in [-0.15, -0.1) is 0 Å². The van der Waals surface area contributed by atoms with E-state index in [4.69, 9.17) is 18.9 Å². The van der Waals surface area contributed by atoms with Crippen LogP contribution in [0.15, 0.2) is 170 Å². The fourth-order valence-corrected chi connectivity index (χ4v) is 11.2. The topological polar surface area (TPSA) is 108 Å². The van der Waals surface area contributed by atoms with E-state index < -0.39 is 24.3 Å². The smallest absolute Gasteiger partial charge is 0.361 e. The zero-order valence-corrected chi connectivity index (χ0v) is 65.8. The number of carboxylic acid groups (broad SMARTS) is 1. The quantitative estimate of drug-likeness (QED) is 0.0211. The highest BCUT2D eigenvalue weighted by Crippen LogP contribution is 2.18. The molecule has 0 radical (unpaired) electrons. The predicted molar refractivity (Wildman–Crippen MR) is 437 cm³/mol. The molecule has 0 rings (SSSR count). The van der Waals surface area contributed by atoms with Crippen LogP contribution in [0.5, 0.6) is 0 Å². The number of carboxylic acids is 1. The number of ether oxygens (including phenoxy) is 4. The Morgan fingerprint density at radius 2 is 0.564 bits per heavy atom. The molecule has 101 heavy (non-hydrogen) atoms. The number of hydrogen-bond acceptors (Lipinski definition) is 7. The maximum atomic E-state index is 13.0. The first-order chi connectivity index (χ1) is 49.6. The third-order valence-electron chi connectivity index (χ3n) is 17.5. The monoisotopic (exact) mass is 1400 g/mol. The Balaban J connectivity index is 4.11. The molecule has 2 atom stereocenters. The van der Waals surface area contributed by atoms with E-state index in [0.717, 1.165) is 135 Å². The highest BCUT2D eigenvalue weighted by atomic mass is 16.7. The fourth-order valence-electron chi connectivity index (χ4n) is 11.2. The Morgan fingerprint density at radius 3 is 0.842 bits per heavy atom. The van der Waals surface area contributed by atoms with Gasteiger partial charge >= 0.3 is 17.9 Å². The van der Waals surface area contributed by atoms with Gasteiger partial charge in [0.1, 0.15) is 13.2 Å². The van der Waals surface area contributed by atoms with Gasteiger partial charge in [-0.25, -0.2) is 4.79 Å². The Bertz CT molecular complexity index is 2280. The number of hydrogen-bond donors (Lipinski definition) is 1. The van der Waals surface area contributed by atoms with Gasteiger partial charge in [0.05, 0.1) is 34.4 Å². The summed E-state index contributed by atoms with van der Waals surface area (Å²) in [5.41, 5.74) is 0. The minimum atomic E-state index is -1.53. The molecule has 0 aliphatic heterocycles. The molecule has 9 heteroatoms. The van der Waals surface area contributed by atoms with Crippen molar-refractivity contribution in [3.8, 4) is 0 Å².